The van der Waals surface area contributed by atoms with Crippen LogP contribution < -0.4 is 10.6 Å². The van der Waals surface area contributed by atoms with Crippen LogP contribution in [0, 0.1) is 6.92 Å². The smallest absolute Gasteiger partial charge is 0.290 e. The van der Waals surface area contributed by atoms with Crippen molar-refractivity contribution in [1.29, 1.82) is 0 Å². The van der Waals surface area contributed by atoms with Crippen LogP contribution in [0.15, 0.2) is 35.2 Å². The Labute approximate surface area is 199 Å². The standard InChI is InChI=1S/C27H30N2O3S/c1-15-11-20-21(27(5,6)10-9-26(20,3)4)14-19(15)18-8-7-17(12-22(18)28-16(2)30)13-23-24(31)29-25(32)33-23/h7-8,11-14H,9-10H2,1-6H3,(H,28,30)(H,29,31,32)/b23-13-. The number of thioether (sulfide) groups is 1. The van der Waals surface area contributed by atoms with Crippen molar-refractivity contribution < 1.29 is 14.4 Å². The molecule has 2 aliphatic rings. The molecule has 2 N–H and O–H groups in total. The number of imide groups is 1. The molecule has 4 rings (SSSR count). The Kier molecular flexibility index (Phi) is 5.77. The molecule has 172 valence electrons. The van der Waals surface area contributed by atoms with Crippen molar-refractivity contribution in [3.8, 4) is 11.1 Å². The molecule has 1 aliphatic heterocycles. The van der Waals surface area contributed by atoms with Gasteiger partial charge in [0, 0.05) is 18.2 Å². The third-order valence-corrected chi connectivity index (χ3v) is 7.59. The summed E-state index contributed by atoms with van der Waals surface area (Å²) in [5, 5.41) is 4.85. The van der Waals surface area contributed by atoms with Crippen LogP contribution in [-0.4, -0.2) is 17.1 Å². The van der Waals surface area contributed by atoms with Crippen LogP contribution in [-0.2, 0) is 20.4 Å². The van der Waals surface area contributed by atoms with E-state index in [4.69, 9.17) is 0 Å². The number of aryl methyl sites for hydroxylation is 1. The maximum Gasteiger partial charge on any atom is 0.290 e. The molecule has 6 heteroatoms. The van der Waals surface area contributed by atoms with E-state index < -0.39 is 5.91 Å². The summed E-state index contributed by atoms with van der Waals surface area (Å²) in [5.41, 5.74) is 7.57. The molecular weight excluding hydrogens is 432 g/mol. The highest BCUT2D eigenvalue weighted by atomic mass is 32.2. The normalized spacial score (nSPS) is 19.9. The van der Waals surface area contributed by atoms with Crippen LogP contribution in [0.1, 0.15) is 69.7 Å². The van der Waals surface area contributed by atoms with Crippen LogP contribution >= 0.6 is 11.8 Å². The number of nitrogens with one attached hydrogen (secondary N) is 2. The van der Waals surface area contributed by atoms with Crippen molar-refractivity contribution in [3.63, 3.8) is 0 Å². The molecule has 0 saturated carbocycles. The van der Waals surface area contributed by atoms with Crippen molar-refractivity contribution in [3.05, 3.63) is 57.5 Å². The average Bonchev–Trinajstić information content (AvgIpc) is 3.02. The van der Waals surface area contributed by atoms with Crippen molar-refractivity contribution >= 4 is 40.6 Å². The van der Waals surface area contributed by atoms with Gasteiger partial charge in [0.25, 0.3) is 11.1 Å². The molecule has 3 amide bonds. The van der Waals surface area contributed by atoms with Gasteiger partial charge in [0.05, 0.1) is 4.91 Å². The van der Waals surface area contributed by atoms with Gasteiger partial charge < -0.3 is 5.32 Å². The largest absolute Gasteiger partial charge is 0.326 e. The van der Waals surface area contributed by atoms with Gasteiger partial charge in [0.1, 0.15) is 0 Å². The SMILES string of the molecule is CC(=O)Nc1cc(/C=C2\SC(=O)NC2=O)ccc1-c1cc2c(cc1C)C(C)(C)CCC2(C)C. The van der Waals surface area contributed by atoms with Crippen LogP contribution in [0.3, 0.4) is 0 Å². The molecule has 1 aliphatic carbocycles. The van der Waals surface area contributed by atoms with E-state index >= 15 is 0 Å². The highest BCUT2D eigenvalue weighted by Crippen LogP contribution is 2.48. The van der Waals surface area contributed by atoms with Crippen LogP contribution in [0.4, 0.5) is 10.5 Å². The second-order valence-corrected chi connectivity index (χ2v) is 11.3. The molecule has 0 spiro atoms. The molecule has 33 heavy (non-hydrogen) atoms. The predicted octanol–water partition coefficient (Wildman–Crippen LogP) is 6.29. The first kappa shape index (κ1) is 23.3. The molecule has 2 aromatic rings. The lowest BCUT2D eigenvalue weighted by atomic mass is 9.62. The number of hydrogen-bond acceptors (Lipinski definition) is 4. The molecular formula is C27H30N2O3S. The van der Waals surface area contributed by atoms with Gasteiger partial charge in [-0.25, -0.2) is 0 Å². The lowest BCUT2D eigenvalue weighted by Gasteiger charge is -2.42. The quantitative estimate of drug-likeness (QED) is 0.525. The Morgan fingerprint density at radius 3 is 2.21 bits per heavy atom. The van der Waals surface area contributed by atoms with Crippen molar-refractivity contribution in [1.82, 2.24) is 5.32 Å². The number of hydrogen-bond donors (Lipinski definition) is 2. The van der Waals surface area contributed by atoms with E-state index in [1.54, 1.807) is 6.08 Å². The number of carbonyl (C=O) groups excluding carboxylic acids is 3. The minimum absolute atomic E-state index is 0.0748. The molecule has 2 aromatic carbocycles. The average molecular weight is 463 g/mol. The van der Waals surface area contributed by atoms with Gasteiger partial charge in [-0.2, -0.15) is 0 Å². The van der Waals surface area contributed by atoms with Crippen LogP contribution in [0.5, 0.6) is 0 Å². The molecule has 0 bridgehead atoms. The zero-order valence-electron chi connectivity index (χ0n) is 20.0. The van der Waals surface area contributed by atoms with Gasteiger partial charge in [-0.15, -0.1) is 0 Å². The number of benzene rings is 2. The van der Waals surface area contributed by atoms with E-state index in [1.165, 1.54) is 18.1 Å². The zero-order chi connectivity index (χ0) is 24.1. The maximum absolute atomic E-state index is 12.0. The molecule has 1 heterocycles. The van der Waals surface area contributed by atoms with E-state index in [-0.39, 0.29) is 22.0 Å². The number of anilines is 1. The van der Waals surface area contributed by atoms with Crippen LogP contribution in [0.25, 0.3) is 17.2 Å². The topological polar surface area (TPSA) is 75.3 Å². The van der Waals surface area contributed by atoms with E-state index in [0.717, 1.165) is 46.9 Å². The van der Waals surface area contributed by atoms with Crippen molar-refractivity contribution in [2.45, 2.75) is 65.2 Å². The van der Waals surface area contributed by atoms with E-state index in [1.807, 2.05) is 18.2 Å². The maximum atomic E-state index is 12.0. The molecule has 1 saturated heterocycles. The summed E-state index contributed by atoms with van der Waals surface area (Å²) >= 11 is 0.880. The first-order valence-corrected chi connectivity index (χ1v) is 12.0. The Morgan fingerprint density at radius 2 is 1.64 bits per heavy atom. The summed E-state index contributed by atoms with van der Waals surface area (Å²) in [6.45, 7) is 12.8. The summed E-state index contributed by atoms with van der Waals surface area (Å²) in [6.07, 6.45) is 3.95. The first-order chi connectivity index (χ1) is 15.4. The lowest BCUT2D eigenvalue weighted by Crippen LogP contribution is -2.34. The molecule has 0 unspecified atom stereocenters. The lowest BCUT2D eigenvalue weighted by molar-refractivity contribution is -0.115. The van der Waals surface area contributed by atoms with Crippen molar-refractivity contribution in [2.75, 3.05) is 5.32 Å². The van der Waals surface area contributed by atoms with Gasteiger partial charge in [-0.05, 0) is 88.4 Å². The second-order valence-electron chi connectivity index (χ2n) is 10.3. The Bertz CT molecular complexity index is 1220. The van der Waals surface area contributed by atoms with E-state index in [9.17, 15) is 14.4 Å². The van der Waals surface area contributed by atoms with E-state index in [2.05, 4.69) is 57.4 Å². The Hall–Kier alpha value is -2.86. The fourth-order valence-electron chi connectivity index (χ4n) is 4.76. The number of rotatable bonds is 3. The highest BCUT2D eigenvalue weighted by Gasteiger charge is 2.37. The molecule has 1 fully saturated rings. The number of fused-ring (bicyclic) bond motifs is 1. The summed E-state index contributed by atoms with van der Waals surface area (Å²) < 4.78 is 0. The third-order valence-electron chi connectivity index (χ3n) is 6.78. The molecule has 5 nitrogen and oxygen atoms in total. The van der Waals surface area contributed by atoms with Gasteiger partial charge in [0.15, 0.2) is 0 Å². The molecule has 0 radical (unpaired) electrons. The summed E-state index contributed by atoms with van der Waals surface area (Å²) in [7, 11) is 0. The van der Waals surface area contributed by atoms with Gasteiger partial charge >= 0.3 is 0 Å². The van der Waals surface area contributed by atoms with Gasteiger partial charge in [-0.1, -0.05) is 45.9 Å². The highest BCUT2D eigenvalue weighted by molar-refractivity contribution is 8.18. The monoisotopic (exact) mass is 462 g/mol. The molecule has 0 aromatic heterocycles. The Balaban J connectivity index is 1.85. The summed E-state index contributed by atoms with van der Waals surface area (Å²) in [5.74, 6) is -0.563. The minimum atomic E-state index is -0.398. The predicted molar refractivity (Wildman–Crippen MR) is 135 cm³/mol. The van der Waals surface area contributed by atoms with Gasteiger partial charge in [-0.3, -0.25) is 19.7 Å². The fourth-order valence-corrected chi connectivity index (χ4v) is 5.45. The summed E-state index contributed by atoms with van der Waals surface area (Å²) in [4.78, 5) is 35.8. The Morgan fingerprint density at radius 1 is 1.00 bits per heavy atom. The number of amides is 3. The zero-order valence-corrected chi connectivity index (χ0v) is 20.8. The van der Waals surface area contributed by atoms with Crippen molar-refractivity contribution in [2.24, 2.45) is 0 Å². The minimum Gasteiger partial charge on any atom is -0.326 e. The van der Waals surface area contributed by atoms with Gasteiger partial charge in [0.2, 0.25) is 5.91 Å². The second kappa shape index (κ2) is 8.17. The van der Waals surface area contributed by atoms with E-state index in [0.29, 0.717) is 10.6 Å². The number of carbonyl (C=O) groups is 3. The first-order valence-electron chi connectivity index (χ1n) is 11.2. The van der Waals surface area contributed by atoms with Crippen LogP contribution in [0.2, 0.25) is 0 Å². The molecule has 0 atom stereocenters. The fraction of sp³-hybridized carbons (Fsp3) is 0.370. The third kappa shape index (κ3) is 4.49. The summed E-state index contributed by atoms with van der Waals surface area (Å²) in [6, 6.07) is 10.4.